The number of thiazole rings is 1. The molecule has 0 radical (unpaired) electrons. The molecule has 0 aliphatic heterocycles. The van der Waals surface area contributed by atoms with Gasteiger partial charge in [-0.15, -0.1) is 11.3 Å². The Morgan fingerprint density at radius 2 is 1.93 bits per heavy atom. The minimum Gasteiger partial charge on any atom is -0.493 e. The number of benzene rings is 2. The first-order chi connectivity index (χ1) is 14.5. The molecule has 0 unspecified atom stereocenters. The fraction of sp³-hybridized carbons (Fsp3) is 0.238. The van der Waals surface area contributed by atoms with Crippen molar-refractivity contribution in [3.05, 3.63) is 59.1 Å². The Hall–Kier alpha value is -3.20. The highest BCUT2D eigenvalue weighted by Gasteiger charge is 2.12. The number of hydrogen-bond acceptors (Lipinski definition) is 6. The van der Waals surface area contributed by atoms with Crippen molar-refractivity contribution in [3.63, 3.8) is 0 Å². The summed E-state index contributed by atoms with van der Waals surface area (Å²) in [4.78, 5) is 16.8. The molecule has 6 nitrogen and oxygen atoms in total. The molecule has 3 aromatic rings. The van der Waals surface area contributed by atoms with E-state index in [2.05, 4.69) is 15.0 Å². The standard InChI is InChI=1S/C21H20F2N2O4S/c1-27-17-7-6-14(9-18(17)28-2)20-25-15(12-30-20)10-19(26)24-11-13-4-3-5-16(8-13)29-21(22)23/h3-9,12,21H,10-11H2,1-2H3,(H,24,26). The zero-order valence-electron chi connectivity index (χ0n) is 16.4. The zero-order chi connectivity index (χ0) is 21.5. The largest absolute Gasteiger partial charge is 0.493 e. The van der Waals surface area contributed by atoms with E-state index in [1.54, 1.807) is 32.4 Å². The first kappa shape index (κ1) is 21.5. The molecule has 0 aliphatic carbocycles. The Balaban J connectivity index is 1.59. The van der Waals surface area contributed by atoms with Crippen molar-refractivity contribution in [3.8, 4) is 27.8 Å². The number of amides is 1. The lowest BCUT2D eigenvalue weighted by molar-refractivity contribution is -0.120. The van der Waals surface area contributed by atoms with Gasteiger partial charge in [-0.1, -0.05) is 12.1 Å². The molecule has 0 saturated heterocycles. The first-order valence-electron chi connectivity index (χ1n) is 8.95. The Kier molecular flexibility index (Phi) is 7.18. The molecule has 0 aliphatic rings. The summed E-state index contributed by atoms with van der Waals surface area (Å²) in [6.45, 7) is -2.69. The molecule has 30 heavy (non-hydrogen) atoms. The topological polar surface area (TPSA) is 69.7 Å². The highest BCUT2D eigenvalue weighted by atomic mass is 32.1. The molecular weight excluding hydrogens is 414 g/mol. The SMILES string of the molecule is COc1ccc(-c2nc(CC(=O)NCc3cccc(OC(F)F)c3)cs2)cc1OC. The summed E-state index contributed by atoms with van der Waals surface area (Å²) < 4.78 is 39.5. The maximum absolute atomic E-state index is 12.3. The van der Waals surface area contributed by atoms with Gasteiger partial charge in [0, 0.05) is 17.5 Å². The number of halogens is 2. The van der Waals surface area contributed by atoms with Gasteiger partial charge in [-0.3, -0.25) is 4.79 Å². The van der Waals surface area contributed by atoms with Gasteiger partial charge in [0.25, 0.3) is 0 Å². The number of nitrogens with one attached hydrogen (secondary N) is 1. The second-order valence-corrected chi connectivity index (χ2v) is 7.05. The van der Waals surface area contributed by atoms with Crippen molar-refractivity contribution in [2.24, 2.45) is 0 Å². The summed E-state index contributed by atoms with van der Waals surface area (Å²) in [5, 5.41) is 5.34. The molecule has 0 atom stereocenters. The van der Waals surface area contributed by atoms with Crippen molar-refractivity contribution in [1.82, 2.24) is 10.3 Å². The fourth-order valence-corrected chi connectivity index (χ4v) is 3.57. The number of aromatic nitrogens is 1. The number of rotatable bonds is 9. The summed E-state index contributed by atoms with van der Waals surface area (Å²) >= 11 is 1.42. The van der Waals surface area contributed by atoms with Gasteiger partial charge in [0.2, 0.25) is 5.91 Å². The van der Waals surface area contributed by atoms with E-state index in [0.717, 1.165) is 10.6 Å². The van der Waals surface area contributed by atoms with Gasteiger partial charge in [-0.25, -0.2) is 4.98 Å². The van der Waals surface area contributed by atoms with E-state index < -0.39 is 6.61 Å². The van der Waals surface area contributed by atoms with E-state index in [0.29, 0.717) is 22.8 Å². The summed E-state index contributed by atoms with van der Waals surface area (Å²) in [6, 6.07) is 11.7. The second-order valence-electron chi connectivity index (χ2n) is 6.19. The predicted octanol–water partition coefficient (Wildman–Crippen LogP) is 4.29. The zero-order valence-corrected chi connectivity index (χ0v) is 17.2. The molecule has 9 heteroatoms. The van der Waals surface area contributed by atoms with E-state index in [1.807, 2.05) is 17.5 Å². The average molecular weight is 434 g/mol. The lowest BCUT2D eigenvalue weighted by Gasteiger charge is -2.08. The lowest BCUT2D eigenvalue weighted by Crippen LogP contribution is -2.24. The third-order valence-corrected chi connectivity index (χ3v) is 5.08. The van der Waals surface area contributed by atoms with Crippen LogP contribution in [0.25, 0.3) is 10.6 Å². The Bertz CT molecular complexity index is 1010. The smallest absolute Gasteiger partial charge is 0.387 e. The van der Waals surface area contributed by atoms with Crippen LogP contribution < -0.4 is 19.5 Å². The summed E-state index contributed by atoms with van der Waals surface area (Å²) in [7, 11) is 3.13. The van der Waals surface area contributed by atoms with Crippen molar-refractivity contribution in [2.45, 2.75) is 19.6 Å². The number of alkyl halides is 2. The molecule has 0 fully saturated rings. The molecule has 1 heterocycles. The van der Waals surface area contributed by atoms with Crippen LogP contribution in [-0.4, -0.2) is 31.7 Å². The van der Waals surface area contributed by atoms with Crippen LogP contribution in [0.5, 0.6) is 17.2 Å². The van der Waals surface area contributed by atoms with Crippen LogP contribution in [0.2, 0.25) is 0 Å². The average Bonchev–Trinajstić information content (AvgIpc) is 3.20. The second kappa shape index (κ2) is 10.0. The van der Waals surface area contributed by atoms with Gasteiger partial charge in [-0.05, 0) is 35.9 Å². The van der Waals surface area contributed by atoms with Crippen LogP contribution in [0.3, 0.4) is 0 Å². The van der Waals surface area contributed by atoms with Gasteiger partial charge >= 0.3 is 6.61 Å². The van der Waals surface area contributed by atoms with E-state index >= 15 is 0 Å². The summed E-state index contributed by atoms with van der Waals surface area (Å²) in [5.41, 5.74) is 2.16. The van der Waals surface area contributed by atoms with Gasteiger partial charge in [-0.2, -0.15) is 8.78 Å². The molecule has 0 spiro atoms. The highest BCUT2D eigenvalue weighted by Crippen LogP contribution is 2.33. The first-order valence-corrected chi connectivity index (χ1v) is 9.83. The molecule has 1 N–H and O–H groups in total. The Morgan fingerprint density at radius 3 is 2.67 bits per heavy atom. The highest BCUT2D eigenvalue weighted by molar-refractivity contribution is 7.13. The van der Waals surface area contributed by atoms with E-state index in [9.17, 15) is 13.6 Å². The van der Waals surface area contributed by atoms with Crippen molar-refractivity contribution in [1.29, 1.82) is 0 Å². The van der Waals surface area contributed by atoms with Gasteiger partial charge < -0.3 is 19.5 Å². The van der Waals surface area contributed by atoms with Crippen molar-refractivity contribution in [2.75, 3.05) is 14.2 Å². The third-order valence-electron chi connectivity index (χ3n) is 4.14. The molecule has 0 bridgehead atoms. The monoisotopic (exact) mass is 434 g/mol. The van der Waals surface area contributed by atoms with Gasteiger partial charge in [0.1, 0.15) is 10.8 Å². The van der Waals surface area contributed by atoms with Crippen LogP contribution >= 0.6 is 11.3 Å². The number of methoxy groups -OCH3 is 2. The number of nitrogens with zero attached hydrogens (tertiary/aromatic N) is 1. The van der Waals surface area contributed by atoms with Crippen molar-refractivity contribution < 1.29 is 27.8 Å². The maximum Gasteiger partial charge on any atom is 0.387 e. The number of carbonyl (C=O) groups excluding carboxylic acids is 1. The predicted molar refractivity (Wildman–Crippen MR) is 109 cm³/mol. The number of ether oxygens (including phenoxy) is 3. The van der Waals surface area contributed by atoms with E-state index in [-0.39, 0.29) is 24.6 Å². The number of carbonyl (C=O) groups is 1. The quantitative estimate of drug-likeness (QED) is 0.544. The van der Waals surface area contributed by atoms with Crippen LogP contribution in [0.4, 0.5) is 8.78 Å². The van der Waals surface area contributed by atoms with Crippen LogP contribution in [-0.2, 0) is 17.8 Å². The molecule has 1 amide bonds. The van der Waals surface area contributed by atoms with E-state index in [4.69, 9.17) is 9.47 Å². The summed E-state index contributed by atoms with van der Waals surface area (Å²) in [5.74, 6) is 1.05. The third kappa shape index (κ3) is 5.66. The fourth-order valence-electron chi connectivity index (χ4n) is 2.75. The van der Waals surface area contributed by atoms with Crippen molar-refractivity contribution >= 4 is 17.2 Å². The normalized spacial score (nSPS) is 10.7. The molecule has 1 aromatic heterocycles. The Morgan fingerprint density at radius 1 is 1.13 bits per heavy atom. The molecular formula is C21H20F2N2O4S. The van der Waals surface area contributed by atoms with Gasteiger partial charge in [0.15, 0.2) is 11.5 Å². The van der Waals surface area contributed by atoms with E-state index in [1.165, 1.54) is 23.5 Å². The minimum absolute atomic E-state index is 0.0517. The Labute approximate surface area is 176 Å². The molecule has 3 rings (SSSR count). The molecule has 158 valence electrons. The van der Waals surface area contributed by atoms with Crippen LogP contribution in [0, 0.1) is 0 Å². The molecule has 2 aromatic carbocycles. The van der Waals surface area contributed by atoms with Crippen LogP contribution in [0.1, 0.15) is 11.3 Å². The minimum atomic E-state index is -2.89. The number of hydrogen-bond donors (Lipinski definition) is 1. The molecule has 0 saturated carbocycles. The maximum atomic E-state index is 12.3. The van der Waals surface area contributed by atoms with Crippen LogP contribution in [0.15, 0.2) is 47.8 Å². The van der Waals surface area contributed by atoms with Gasteiger partial charge in [0.05, 0.1) is 26.3 Å². The lowest BCUT2D eigenvalue weighted by atomic mass is 10.2. The summed E-state index contributed by atoms with van der Waals surface area (Å²) in [6.07, 6.45) is 0.108.